The number of halogens is 4. The summed E-state index contributed by atoms with van der Waals surface area (Å²) in [6.07, 6.45) is 2.06. The van der Waals surface area contributed by atoms with Crippen LogP contribution in [0.5, 0.6) is 0 Å². The topological polar surface area (TPSA) is 50.4 Å². The van der Waals surface area contributed by atoms with Crippen molar-refractivity contribution < 1.29 is 22.8 Å². The zero-order chi connectivity index (χ0) is 18.0. The molecule has 1 saturated carbocycles. The first kappa shape index (κ1) is 17.6. The highest BCUT2D eigenvalue weighted by atomic mass is 35.5. The van der Waals surface area contributed by atoms with Crippen LogP contribution in [0.4, 0.5) is 24.5 Å². The van der Waals surface area contributed by atoms with E-state index in [1.54, 1.807) is 0 Å². The third kappa shape index (κ3) is 4.24. The lowest BCUT2D eigenvalue weighted by atomic mass is 10.1. The largest absolute Gasteiger partial charge is 0.350 e. The van der Waals surface area contributed by atoms with Gasteiger partial charge < -0.3 is 5.32 Å². The Kier molecular flexibility index (Phi) is 5.15. The van der Waals surface area contributed by atoms with Crippen molar-refractivity contribution in [3.63, 3.8) is 0 Å². The van der Waals surface area contributed by atoms with Crippen molar-refractivity contribution in [1.29, 1.82) is 0 Å². The molecular weight excluding hydrogens is 357 g/mol. The second-order valence-electron chi connectivity index (χ2n) is 5.72. The van der Waals surface area contributed by atoms with Gasteiger partial charge in [0, 0.05) is 5.02 Å². The van der Waals surface area contributed by atoms with Crippen LogP contribution < -0.4 is 10.8 Å². The van der Waals surface area contributed by atoms with E-state index in [2.05, 4.69) is 10.8 Å². The summed E-state index contributed by atoms with van der Waals surface area (Å²) in [4.78, 5) is 17.2. The zero-order valence-electron chi connectivity index (χ0n) is 12.9. The van der Waals surface area contributed by atoms with Crippen molar-refractivity contribution in [3.05, 3.63) is 58.4 Å². The highest BCUT2D eigenvalue weighted by molar-refractivity contribution is 6.30. The van der Waals surface area contributed by atoms with Gasteiger partial charge in [0.05, 0.1) is 23.5 Å². The van der Waals surface area contributed by atoms with Crippen molar-refractivity contribution in [2.24, 2.45) is 5.92 Å². The molecule has 0 spiro atoms. The van der Waals surface area contributed by atoms with Gasteiger partial charge in [0.25, 0.3) is 5.91 Å². The molecule has 2 aromatic rings. The molecule has 1 aliphatic carbocycles. The Balaban J connectivity index is 1.85. The fourth-order valence-corrected chi connectivity index (χ4v) is 2.31. The SMILES string of the molecule is O=C(NOCC1CC1)c1ccc(F)c(F)c1Nc1ccc(Cl)cc1F. The van der Waals surface area contributed by atoms with Gasteiger partial charge >= 0.3 is 0 Å². The Bertz CT molecular complexity index is 813. The fraction of sp³-hybridized carbons (Fsp3) is 0.235. The molecule has 8 heteroatoms. The van der Waals surface area contributed by atoms with Crippen LogP contribution in [0.25, 0.3) is 0 Å². The zero-order valence-corrected chi connectivity index (χ0v) is 13.7. The second-order valence-corrected chi connectivity index (χ2v) is 6.16. The van der Waals surface area contributed by atoms with Crippen molar-refractivity contribution in [3.8, 4) is 0 Å². The van der Waals surface area contributed by atoms with Gasteiger partial charge in [0.1, 0.15) is 5.82 Å². The first-order valence-corrected chi connectivity index (χ1v) is 7.95. The van der Waals surface area contributed by atoms with Crippen molar-refractivity contribution in [2.75, 3.05) is 11.9 Å². The molecule has 0 unspecified atom stereocenters. The molecule has 1 fully saturated rings. The van der Waals surface area contributed by atoms with Crippen LogP contribution in [0.2, 0.25) is 5.02 Å². The second kappa shape index (κ2) is 7.33. The van der Waals surface area contributed by atoms with E-state index in [9.17, 15) is 18.0 Å². The third-order valence-corrected chi connectivity index (χ3v) is 3.95. The molecule has 1 aliphatic rings. The van der Waals surface area contributed by atoms with Gasteiger partial charge in [-0.25, -0.2) is 18.7 Å². The highest BCUT2D eigenvalue weighted by Gasteiger charge is 2.23. The molecular formula is C17H14ClF3N2O2. The molecule has 0 heterocycles. The van der Waals surface area contributed by atoms with Crippen molar-refractivity contribution in [2.45, 2.75) is 12.8 Å². The first-order valence-electron chi connectivity index (χ1n) is 7.58. The maximum absolute atomic E-state index is 14.2. The minimum atomic E-state index is -1.30. The summed E-state index contributed by atoms with van der Waals surface area (Å²) in [5.74, 6) is -3.61. The lowest BCUT2D eigenvalue weighted by Gasteiger charge is -2.14. The Hall–Kier alpha value is -2.25. The number of amides is 1. The molecule has 4 nitrogen and oxygen atoms in total. The van der Waals surface area contributed by atoms with Crippen LogP contribution in [0.3, 0.4) is 0 Å². The summed E-state index contributed by atoms with van der Waals surface area (Å²) in [6.45, 7) is 0.351. The average molecular weight is 371 g/mol. The van der Waals surface area contributed by atoms with Gasteiger partial charge in [0.15, 0.2) is 11.6 Å². The standard InChI is InChI=1S/C17H14ClF3N2O2/c18-10-3-6-14(13(20)7-10)22-16-11(4-5-12(19)15(16)21)17(24)23-25-8-9-1-2-9/h3-7,9,22H,1-2,8H2,(H,23,24). The summed E-state index contributed by atoms with van der Waals surface area (Å²) >= 11 is 5.66. The van der Waals surface area contributed by atoms with E-state index in [4.69, 9.17) is 16.4 Å². The van der Waals surface area contributed by atoms with Gasteiger partial charge in [-0.05, 0) is 49.1 Å². The van der Waals surface area contributed by atoms with Crippen LogP contribution in [0.1, 0.15) is 23.2 Å². The smallest absolute Gasteiger partial charge is 0.277 e. The van der Waals surface area contributed by atoms with E-state index in [1.165, 1.54) is 12.1 Å². The molecule has 0 radical (unpaired) electrons. The van der Waals surface area contributed by atoms with Gasteiger partial charge in [0.2, 0.25) is 0 Å². The first-order chi connectivity index (χ1) is 12.0. The predicted molar refractivity (Wildman–Crippen MR) is 87.2 cm³/mol. The average Bonchev–Trinajstić information content (AvgIpc) is 3.38. The Morgan fingerprint density at radius 3 is 2.60 bits per heavy atom. The molecule has 3 rings (SSSR count). The van der Waals surface area contributed by atoms with Gasteiger partial charge in [-0.15, -0.1) is 0 Å². The van der Waals surface area contributed by atoms with Crippen molar-refractivity contribution in [1.82, 2.24) is 5.48 Å². The normalized spacial score (nSPS) is 13.6. The van der Waals surface area contributed by atoms with E-state index < -0.39 is 29.0 Å². The number of anilines is 2. The summed E-state index contributed by atoms with van der Waals surface area (Å²) in [5.41, 5.74) is 1.32. The van der Waals surface area contributed by atoms with Gasteiger partial charge in [-0.2, -0.15) is 0 Å². The van der Waals surface area contributed by atoms with Crippen LogP contribution >= 0.6 is 11.6 Å². The van der Waals surface area contributed by atoms with Crippen molar-refractivity contribution >= 4 is 28.9 Å². The lowest BCUT2D eigenvalue weighted by molar-refractivity contribution is 0.0270. The molecule has 132 valence electrons. The van der Waals surface area contributed by atoms with Crippen LogP contribution in [0, 0.1) is 23.4 Å². The number of hydrogen-bond acceptors (Lipinski definition) is 3. The summed E-state index contributed by atoms with van der Waals surface area (Å²) < 4.78 is 41.6. The Morgan fingerprint density at radius 1 is 1.16 bits per heavy atom. The molecule has 1 amide bonds. The van der Waals surface area contributed by atoms with Crippen LogP contribution in [-0.2, 0) is 4.84 Å². The molecule has 0 atom stereocenters. The van der Waals surface area contributed by atoms with Crippen LogP contribution in [-0.4, -0.2) is 12.5 Å². The number of rotatable bonds is 6. The Labute approximate surface area is 146 Å². The summed E-state index contributed by atoms with van der Waals surface area (Å²) in [6, 6.07) is 5.55. The van der Waals surface area contributed by atoms with E-state index in [0.717, 1.165) is 31.0 Å². The highest BCUT2D eigenvalue weighted by Crippen LogP contribution is 2.30. The number of hydroxylamine groups is 1. The quantitative estimate of drug-likeness (QED) is 0.732. The molecule has 0 saturated heterocycles. The summed E-state index contributed by atoms with van der Waals surface area (Å²) in [5, 5.41) is 2.55. The van der Waals surface area contributed by atoms with E-state index in [1.807, 2.05) is 0 Å². The lowest BCUT2D eigenvalue weighted by Crippen LogP contribution is -2.26. The minimum absolute atomic E-state index is 0.147. The molecule has 0 aromatic heterocycles. The number of hydrogen-bond donors (Lipinski definition) is 2. The van der Waals surface area contributed by atoms with Gasteiger partial charge in [-0.1, -0.05) is 11.6 Å². The molecule has 2 aromatic carbocycles. The molecule has 25 heavy (non-hydrogen) atoms. The van der Waals surface area contributed by atoms with Gasteiger partial charge in [-0.3, -0.25) is 9.63 Å². The number of benzene rings is 2. The molecule has 0 bridgehead atoms. The molecule has 0 aliphatic heterocycles. The monoisotopic (exact) mass is 370 g/mol. The third-order valence-electron chi connectivity index (χ3n) is 3.71. The maximum atomic E-state index is 14.2. The number of carbonyl (C=O) groups is 1. The number of carbonyl (C=O) groups excluding carboxylic acids is 1. The maximum Gasteiger partial charge on any atom is 0.277 e. The summed E-state index contributed by atoms with van der Waals surface area (Å²) in [7, 11) is 0. The molecule has 2 N–H and O–H groups in total. The predicted octanol–water partition coefficient (Wildman–Crippen LogP) is 4.57. The number of nitrogens with one attached hydrogen (secondary N) is 2. The van der Waals surface area contributed by atoms with E-state index in [-0.39, 0.29) is 16.3 Å². The Morgan fingerprint density at radius 2 is 1.92 bits per heavy atom. The van der Waals surface area contributed by atoms with E-state index >= 15 is 0 Å². The minimum Gasteiger partial charge on any atom is -0.350 e. The van der Waals surface area contributed by atoms with Crippen LogP contribution in [0.15, 0.2) is 30.3 Å². The fourth-order valence-electron chi connectivity index (χ4n) is 2.15. The van der Waals surface area contributed by atoms with E-state index in [0.29, 0.717) is 12.5 Å².